The van der Waals surface area contributed by atoms with Gasteiger partial charge in [0.2, 0.25) is 0 Å². The monoisotopic (exact) mass is 235 g/mol. The molecular formula is C11H13N3O3. The van der Waals surface area contributed by atoms with E-state index in [2.05, 4.69) is 10.3 Å². The third kappa shape index (κ3) is 2.26. The Labute approximate surface area is 98.3 Å². The number of aromatic carboxylic acids is 1. The van der Waals surface area contributed by atoms with Gasteiger partial charge in [-0.3, -0.25) is 9.78 Å². The predicted molar refractivity (Wildman–Crippen MR) is 59.9 cm³/mol. The number of amides is 1. The van der Waals surface area contributed by atoms with Crippen LogP contribution in [0, 0.1) is 0 Å². The molecule has 1 saturated heterocycles. The zero-order valence-corrected chi connectivity index (χ0v) is 9.38. The molecule has 2 heterocycles. The van der Waals surface area contributed by atoms with Crippen LogP contribution in [0.25, 0.3) is 0 Å². The molecule has 1 amide bonds. The minimum Gasteiger partial charge on any atom is -0.478 e. The van der Waals surface area contributed by atoms with Crippen LogP contribution in [0.3, 0.4) is 0 Å². The number of pyridine rings is 1. The Balaban J connectivity index is 2.03. The number of hydrogen-bond donors (Lipinski definition) is 2. The predicted octanol–water partition coefficient (Wildman–Crippen LogP) is -0.176. The highest BCUT2D eigenvalue weighted by atomic mass is 16.4. The smallest absolute Gasteiger partial charge is 0.337 e. The number of carbonyl (C=O) groups excluding carboxylic acids is 1. The van der Waals surface area contributed by atoms with E-state index in [1.165, 1.54) is 18.3 Å². The largest absolute Gasteiger partial charge is 0.478 e. The molecule has 0 aliphatic carbocycles. The quantitative estimate of drug-likeness (QED) is 0.759. The van der Waals surface area contributed by atoms with Gasteiger partial charge < -0.3 is 15.3 Å². The molecule has 6 heteroatoms. The molecule has 2 N–H and O–H groups in total. The highest BCUT2D eigenvalue weighted by Crippen LogP contribution is 2.12. The highest BCUT2D eigenvalue weighted by Gasteiger charge is 2.30. The molecule has 0 radical (unpaired) electrons. The lowest BCUT2D eigenvalue weighted by atomic mass is 10.1. The number of carboxylic acids is 1. The summed E-state index contributed by atoms with van der Waals surface area (Å²) in [6, 6.07) is 3.17. The van der Waals surface area contributed by atoms with Crippen LogP contribution in [0.1, 0.15) is 20.8 Å². The van der Waals surface area contributed by atoms with Gasteiger partial charge in [0.15, 0.2) is 0 Å². The van der Waals surface area contributed by atoms with Crippen molar-refractivity contribution in [2.75, 3.05) is 20.1 Å². The summed E-state index contributed by atoms with van der Waals surface area (Å²) in [7, 11) is 1.85. The Kier molecular flexibility index (Phi) is 3.06. The fourth-order valence-electron chi connectivity index (χ4n) is 1.64. The molecule has 6 nitrogen and oxygen atoms in total. The molecule has 90 valence electrons. The van der Waals surface area contributed by atoms with Gasteiger partial charge in [-0.1, -0.05) is 0 Å². The van der Waals surface area contributed by atoms with Crippen LogP contribution in [0.4, 0.5) is 0 Å². The van der Waals surface area contributed by atoms with Crippen molar-refractivity contribution >= 4 is 11.9 Å². The number of carboxylic acid groups (broad SMARTS) is 1. The van der Waals surface area contributed by atoms with Gasteiger partial charge in [0.25, 0.3) is 5.91 Å². The van der Waals surface area contributed by atoms with Crippen molar-refractivity contribution in [3.63, 3.8) is 0 Å². The summed E-state index contributed by atoms with van der Waals surface area (Å²) in [5, 5.41) is 11.8. The van der Waals surface area contributed by atoms with Gasteiger partial charge in [0.1, 0.15) is 5.69 Å². The molecule has 0 spiro atoms. The minimum absolute atomic E-state index is 0.0817. The fraction of sp³-hybridized carbons (Fsp3) is 0.364. The van der Waals surface area contributed by atoms with Crippen molar-refractivity contribution in [1.82, 2.24) is 15.2 Å². The molecule has 17 heavy (non-hydrogen) atoms. The van der Waals surface area contributed by atoms with E-state index in [1.807, 2.05) is 7.05 Å². The molecule has 0 aromatic carbocycles. The van der Waals surface area contributed by atoms with Crippen molar-refractivity contribution in [2.45, 2.75) is 6.04 Å². The summed E-state index contributed by atoms with van der Waals surface area (Å²) in [5.41, 5.74) is 0.364. The first-order valence-electron chi connectivity index (χ1n) is 5.27. The number of aromatic nitrogens is 1. The molecular weight excluding hydrogens is 222 g/mol. The number of likely N-dealkylation sites (N-methyl/N-ethyl adjacent to an activating group) is 1. The number of nitrogens with one attached hydrogen (secondary N) is 1. The van der Waals surface area contributed by atoms with Gasteiger partial charge in [-0.2, -0.15) is 0 Å². The highest BCUT2D eigenvalue weighted by molar-refractivity contribution is 5.94. The average Bonchev–Trinajstić information content (AvgIpc) is 2.27. The minimum atomic E-state index is -1.05. The molecule has 0 unspecified atom stereocenters. The van der Waals surface area contributed by atoms with E-state index in [-0.39, 0.29) is 17.2 Å². The van der Waals surface area contributed by atoms with E-state index in [9.17, 15) is 9.59 Å². The van der Waals surface area contributed by atoms with E-state index in [0.29, 0.717) is 19.1 Å². The lowest BCUT2D eigenvalue weighted by molar-refractivity contribution is 0.0569. The standard InChI is InChI=1S/C11H13N3O3/c1-12-8-5-14(6-8)10(15)9-3-2-7(4-13-9)11(16)17/h2-4,8,12H,5-6H2,1H3,(H,16,17). The van der Waals surface area contributed by atoms with Gasteiger partial charge in [0, 0.05) is 25.3 Å². The fourth-order valence-corrected chi connectivity index (χ4v) is 1.64. The van der Waals surface area contributed by atoms with E-state index in [4.69, 9.17) is 5.11 Å². The van der Waals surface area contributed by atoms with Crippen molar-refractivity contribution < 1.29 is 14.7 Å². The Bertz CT molecular complexity index is 438. The second-order valence-electron chi connectivity index (χ2n) is 3.93. The normalized spacial score (nSPS) is 15.5. The maximum atomic E-state index is 11.9. The maximum absolute atomic E-state index is 11.9. The lowest BCUT2D eigenvalue weighted by Gasteiger charge is -2.38. The van der Waals surface area contributed by atoms with Gasteiger partial charge in [-0.05, 0) is 19.2 Å². The first kappa shape index (κ1) is 11.5. The third-order valence-corrected chi connectivity index (χ3v) is 2.81. The molecule has 1 aromatic rings. The SMILES string of the molecule is CNC1CN(C(=O)c2ccc(C(=O)O)cn2)C1. The summed E-state index contributed by atoms with van der Waals surface area (Å²) < 4.78 is 0. The molecule has 0 saturated carbocycles. The van der Waals surface area contributed by atoms with Crippen LogP contribution in [-0.4, -0.2) is 53.0 Å². The molecule has 1 aliphatic heterocycles. The third-order valence-electron chi connectivity index (χ3n) is 2.81. The second-order valence-corrected chi connectivity index (χ2v) is 3.93. The summed E-state index contributed by atoms with van der Waals surface area (Å²) in [6.07, 6.45) is 1.20. The van der Waals surface area contributed by atoms with Gasteiger partial charge >= 0.3 is 5.97 Å². The molecule has 1 aliphatic rings. The van der Waals surface area contributed by atoms with Gasteiger partial charge in [-0.25, -0.2) is 4.79 Å². The first-order chi connectivity index (χ1) is 8.11. The Hall–Kier alpha value is -1.95. The zero-order valence-electron chi connectivity index (χ0n) is 9.38. The van der Waals surface area contributed by atoms with Crippen LogP contribution in [-0.2, 0) is 0 Å². The van der Waals surface area contributed by atoms with Crippen LogP contribution in [0.5, 0.6) is 0 Å². The number of rotatable bonds is 3. The Morgan fingerprint density at radius 2 is 2.18 bits per heavy atom. The van der Waals surface area contributed by atoms with E-state index < -0.39 is 5.97 Å². The van der Waals surface area contributed by atoms with Crippen molar-refractivity contribution in [1.29, 1.82) is 0 Å². The van der Waals surface area contributed by atoms with Crippen molar-refractivity contribution in [3.05, 3.63) is 29.6 Å². The van der Waals surface area contributed by atoms with Crippen LogP contribution < -0.4 is 5.32 Å². The van der Waals surface area contributed by atoms with Crippen LogP contribution in [0.15, 0.2) is 18.3 Å². The molecule has 0 atom stereocenters. The number of nitrogens with zero attached hydrogens (tertiary/aromatic N) is 2. The first-order valence-corrected chi connectivity index (χ1v) is 5.27. The summed E-state index contributed by atoms with van der Waals surface area (Å²) in [4.78, 5) is 28.0. The maximum Gasteiger partial charge on any atom is 0.337 e. The lowest BCUT2D eigenvalue weighted by Crippen LogP contribution is -2.59. The van der Waals surface area contributed by atoms with Crippen molar-refractivity contribution in [2.24, 2.45) is 0 Å². The van der Waals surface area contributed by atoms with Gasteiger partial charge in [0.05, 0.1) is 5.56 Å². The average molecular weight is 235 g/mol. The summed E-state index contributed by atoms with van der Waals surface area (Å²) >= 11 is 0. The Morgan fingerprint density at radius 1 is 1.47 bits per heavy atom. The topological polar surface area (TPSA) is 82.5 Å². The van der Waals surface area contributed by atoms with E-state index in [0.717, 1.165) is 0 Å². The summed E-state index contributed by atoms with van der Waals surface area (Å²) in [6.45, 7) is 1.33. The van der Waals surface area contributed by atoms with Crippen LogP contribution in [0.2, 0.25) is 0 Å². The number of likely N-dealkylation sites (tertiary alicyclic amines) is 1. The molecule has 1 aromatic heterocycles. The van der Waals surface area contributed by atoms with Crippen molar-refractivity contribution in [3.8, 4) is 0 Å². The molecule has 2 rings (SSSR count). The van der Waals surface area contributed by atoms with Gasteiger partial charge in [-0.15, -0.1) is 0 Å². The zero-order chi connectivity index (χ0) is 12.4. The summed E-state index contributed by atoms with van der Waals surface area (Å²) in [5.74, 6) is -1.20. The Morgan fingerprint density at radius 3 is 2.65 bits per heavy atom. The molecule has 1 fully saturated rings. The molecule has 0 bridgehead atoms. The number of hydrogen-bond acceptors (Lipinski definition) is 4. The second kappa shape index (κ2) is 4.50. The van der Waals surface area contributed by atoms with E-state index in [1.54, 1.807) is 4.90 Å². The number of carbonyl (C=O) groups is 2. The van der Waals surface area contributed by atoms with E-state index >= 15 is 0 Å². The van der Waals surface area contributed by atoms with Crippen LogP contribution >= 0.6 is 0 Å².